The molecule has 0 unspecified atom stereocenters. The molecule has 0 fully saturated rings. The van der Waals surface area contributed by atoms with Gasteiger partial charge in [0.2, 0.25) is 0 Å². The first-order chi connectivity index (χ1) is 10.3. The number of benzene rings is 3. The lowest BCUT2D eigenvalue weighted by molar-refractivity contribution is 0.795. The Bertz CT molecular complexity index is 759. The van der Waals surface area contributed by atoms with E-state index in [0.717, 1.165) is 17.7 Å². The zero-order valence-corrected chi connectivity index (χ0v) is 12.5. The van der Waals surface area contributed by atoms with E-state index >= 15 is 0 Å². The molecule has 0 amide bonds. The average Bonchev–Trinajstić information content (AvgIpc) is 2.53. The van der Waals surface area contributed by atoms with Crippen LogP contribution in [0.15, 0.2) is 60.7 Å². The van der Waals surface area contributed by atoms with Gasteiger partial charge < -0.3 is 5.73 Å². The third-order valence-corrected chi connectivity index (χ3v) is 4.00. The molecule has 3 aromatic rings. The van der Waals surface area contributed by atoms with Gasteiger partial charge in [0.05, 0.1) is 0 Å². The van der Waals surface area contributed by atoms with E-state index in [1.54, 1.807) is 0 Å². The smallest absolute Gasteiger partial charge is 0.0393 e. The topological polar surface area (TPSA) is 26.0 Å². The maximum Gasteiger partial charge on any atom is 0.0393 e. The van der Waals surface area contributed by atoms with Gasteiger partial charge in [-0.15, -0.1) is 0 Å². The normalized spacial score (nSPS) is 10.9. The molecule has 0 spiro atoms. The van der Waals surface area contributed by atoms with Crippen LogP contribution in [0.4, 0.5) is 5.69 Å². The van der Waals surface area contributed by atoms with E-state index < -0.39 is 0 Å². The van der Waals surface area contributed by atoms with E-state index in [4.69, 9.17) is 5.73 Å². The van der Waals surface area contributed by atoms with Crippen molar-refractivity contribution in [3.63, 3.8) is 0 Å². The van der Waals surface area contributed by atoms with Crippen molar-refractivity contribution in [1.82, 2.24) is 0 Å². The minimum Gasteiger partial charge on any atom is -0.398 e. The maximum absolute atomic E-state index is 6.19. The summed E-state index contributed by atoms with van der Waals surface area (Å²) >= 11 is 0. The van der Waals surface area contributed by atoms with E-state index in [-0.39, 0.29) is 0 Å². The minimum absolute atomic E-state index is 0.852. The van der Waals surface area contributed by atoms with Crippen molar-refractivity contribution in [3.8, 4) is 11.1 Å². The fraction of sp³-hybridized carbons (Fsp3) is 0.200. The largest absolute Gasteiger partial charge is 0.398 e. The number of anilines is 1. The van der Waals surface area contributed by atoms with Gasteiger partial charge in [0.25, 0.3) is 0 Å². The van der Waals surface area contributed by atoms with Crippen LogP contribution in [-0.2, 0) is 6.42 Å². The van der Waals surface area contributed by atoms with Gasteiger partial charge in [-0.05, 0) is 52.9 Å². The van der Waals surface area contributed by atoms with E-state index in [2.05, 4.69) is 61.5 Å². The van der Waals surface area contributed by atoms with Gasteiger partial charge in [-0.3, -0.25) is 0 Å². The monoisotopic (exact) mass is 275 g/mol. The van der Waals surface area contributed by atoms with Gasteiger partial charge in [-0.25, -0.2) is 0 Å². The van der Waals surface area contributed by atoms with Crippen molar-refractivity contribution in [2.45, 2.75) is 26.2 Å². The SMILES string of the molecule is CCCCc1ccc(N)c(-c2ccc3ccccc3c2)c1. The van der Waals surface area contributed by atoms with Gasteiger partial charge in [-0.2, -0.15) is 0 Å². The number of nitrogen functional groups attached to an aromatic ring is 1. The predicted molar refractivity (Wildman–Crippen MR) is 92.4 cm³/mol. The lowest BCUT2D eigenvalue weighted by Gasteiger charge is -2.10. The van der Waals surface area contributed by atoms with Crippen LogP contribution < -0.4 is 5.73 Å². The summed E-state index contributed by atoms with van der Waals surface area (Å²) in [5.41, 5.74) is 10.8. The summed E-state index contributed by atoms with van der Waals surface area (Å²) < 4.78 is 0. The van der Waals surface area contributed by atoms with E-state index in [1.807, 2.05) is 6.07 Å². The van der Waals surface area contributed by atoms with Crippen LogP contribution >= 0.6 is 0 Å². The van der Waals surface area contributed by atoms with Crippen LogP contribution in [0.25, 0.3) is 21.9 Å². The van der Waals surface area contributed by atoms with Gasteiger partial charge in [0.15, 0.2) is 0 Å². The van der Waals surface area contributed by atoms with Crippen molar-refractivity contribution in [3.05, 3.63) is 66.2 Å². The zero-order valence-electron chi connectivity index (χ0n) is 12.5. The summed E-state index contributed by atoms with van der Waals surface area (Å²) in [5, 5.41) is 2.52. The number of rotatable bonds is 4. The predicted octanol–water partition coefficient (Wildman–Crippen LogP) is 5.43. The van der Waals surface area contributed by atoms with Crippen LogP contribution in [0.3, 0.4) is 0 Å². The molecule has 1 heteroatoms. The molecular formula is C20H21N. The van der Waals surface area contributed by atoms with Crippen LogP contribution in [0.1, 0.15) is 25.3 Å². The summed E-state index contributed by atoms with van der Waals surface area (Å²) in [6.45, 7) is 2.22. The molecule has 0 atom stereocenters. The standard InChI is InChI=1S/C20H21N/c1-2-3-6-15-9-12-20(21)19(13-15)18-11-10-16-7-4-5-8-17(16)14-18/h4-5,7-14H,2-3,6,21H2,1H3. The van der Waals surface area contributed by atoms with E-state index in [1.165, 1.54) is 34.7 Å². The van der Waals surface area contributed by atoms with Crippen LogP contribution in [0.5, 0.6) is 0 Å². The Morgan fingerprint density at radius 3 is 2.48 bits per heavy atom. The molecule has 2 N–H and O–H groups in total. The summed E-state index contributed by atoms with van der Waals surface area (Å²) in [4.78, 5) is 0. The first-order valence-electron chi connectivity index (χ1n) is 7.65. The van der Waals surface area contributed by atoms with Crippen molar-refractivity contribution in [1.29, 1.82) is 0 Å². The molecule has 21 heavy (non-hydrogen) atoms. The Labute approximate surface area is 126 Å². The second kappa shape index (κ2) is 6.01. The third kappa shape index (κ3) is 2.92. The fourth-order valence-corrected chi connectivity index (χ4v) is 2.75. The number of fused-ring (bicyclic) bond motifs is 1. The Morgan fingerprint density at radius 1 is 0.857 bits per heavy atom. The first kappa shape index (κ1) is 13.7. The van der Waals surface area contributed by atoms with E-state index in [0.29, 0.717) is 0 Å². The summed E-state index contributed by atoms with van der Waals surface area (Å²) in [5.74, 6) is 0. The van der Waals surface area contributed by atoms with Crippen LogP contribution in [0, 0.1) is 0 Å². The number of hydrogen-bond donors (Lipinski definition) is 1. The number of nitrogens with two attached hydrogens (primary N) is 1. The van der Waals surface area contributed by atoms with E-state index in [9.17, 15) is 0 Å². The number of aryl methyl sites for hydroxylation is 1. The molecule has 3 aromatic carbocycles. The number of unbranched alkanes of at least 4 members (excludes halogenated alkanes) is 1. The fourth-order valence-electron chi connectivity index (χ4n) is 2.75. The molecule has 0 aliphatic carbocycles. The summed E-state index contributed by atoms with van der Waals surface area (Å²) in [7, 11) is 0. The quantitative estimate of drug-likeness (QED) is 0.631. The second-order valence-electron chi connectivity index (χ2n) is 5.59. The van der Waals surface area contributed by atoms with Crippen molar-refractivity contribution in [2.24, 2.45) is 0 Å². The molecule has 0 saturated heterocycles. The van der Waals surface area contributed by atoms with Gasteiger partial charge in [-0.1, -0.05) is 55.8 Å². The lowest BCUT2D eigenvalue weighted by Crippen LogP contribution is -1.93. The Morgan fingerprint density at radius 2 is 1.67 bits per heavy atom. The zero-order chi connectivity index (χ0) is 14.7. The van der Waals surface area contributed by atoms with Crippen LogP contribution in [0.2, 0.25) is 0 Å². The molecule has 1 nitrogen and oxygen atoms in total. The summed E-state index contributed by atoms with van der Waals surface area (Å²) in [6, 6.07) is 21.4. The van der Waals surface area contributed by atoms with Gasteiger partial charge >= 0.3 is 0 Å². The van der Waals surface area contributed by atoms with Crippen molar-refractivity contribution < 1.29 is 0 Å². The highest BCUT2D eigenvalue weighted by Crippen LogP contribution is 2.30. The lowest BCUT2D eigenvalue weighted by atomic mass is 9.97. The Balaban J connectivity index is 2.04. The molecule has 0 radical (unpaired) electrons. The average molecular weight is 275 g/mol. The minimum atomic E-state index is 0.852. The maximum atomic E-state index is 6.19. The number of hydrogen-bond acceptors (Lipinski definition) is 1. The molecule has 0 heterocycles. The second-order valence-corrected chi connectivity index (χ2v) is 5.59. The Kier molecular flexibility index (Phi) is 3.92. The molecule has 0 aliphatic heterocycles. The molecule has 0 aromatic heterocycles. The molecular weight excluding hydrogens is 254 g/mol. The molecule has 0 aliphatic rings. The van der Waals surface area contributed by atoms with Gasteiger partial charge in [0, 0.05) is 11.3 Å². The third-order valence-electron chi connectivity index (χ3n) is 4.00. The molecule has 106 valence electrons. The highest BCUT2D eigenvalue weighted by atomic mass is 14.6. The Hall–Kier alpha value is -2.28. The highest BCUT2D eigenvalue weighted by molar-refractivity contribution is 5.89. The highest BCUT2D eigenvalue weighted by Gasteiger charge is 2.05. The van der Waals surface area contributed by atoms with Gasteiger partial charge in [0.1, 0.15) is 0 Å². The molecule has 0 bridgehead atoms. The molecule has 0 saturated carbocycles. The first-order valence-corrected chi connectivity index (χ1v) is 7.65. The van der Waals surface area contributed by atoms with Crippen LogP contribution in [-0.4, -0.2) is 0 Å². The van der Waals surface area contributed by atoms with Crippen molar-refractivity contribution in [2.75, 3.05) is 5.73 Å². The molecule has 3 rings (SSSR count). The summed E-state index contributed by atoms with van der Waals surface area (Å²) in [6.07, 6.45) is 3.56. The van der Waals surface area contributed by atoms with Crippen molar-refractivity contribution >= 4 is 16.5 Å².